The number of aromatic nitrogens is 2. The summed E-state index contributed by atoms with van der Waals surface area (Å²) in [7, 11) is 0. The van der Waals surface area contributed by atoms with Crippen LogP contribution in [0.3, 0.4) is 0 Å². The molecule has 1 aliphatic rings. The van der Waals surface area contributed by atoms with Gasteiger partial charge in [0.05, 0.1) is 5.52 Å². The van der Waals surface area contributed by atoms with E-state index in [0.717, 1.165) is 38.5 Å². The molecule has 2 aromatic carbocycles. The lowest BCUT2D eigenvalue weighted by Crippen LogP contribution is -2.45. The van der Waals surface area contributed by atoms with Crippen LogP contribution in [0.25, 0.3) is 22.0 Å². The van der Waals surface area contributed by atoms with Crippen molar-refractivity contribution in [3.05, 3.63) is 53.7 Å². The number of hydrogen-bond acceptors (Lipinski definition) is 3. The van der Waals surface area contributed by atoms with Gasteiger partial charge in [0, 0.05) is 36.6 Å². The number of amides is 1. The van der Waals surface area contributed by atoms with Crippen molar-refractivity contribution in [2.24, 2.45) is 5.92 Å². The maximum Gasteiger partial charge on any atom is 0.272 e. The van der Waals surface area contributed by atoms with Crippen LogP contribution < -0.4 is 5.32 Å². The first-order valence-corrected chi connectivity index (χ1v) is 10.4. The third-order valence-electron chi connectivity index (χ3n) is 5.59. The number of piperidine rings is 1. The highest BCUT2D eigenvalue weighted by molar-refractivity contribution is 6.05. The van der Waals surface area contributed by atoms with Crippen LogP contribution in [-0.4, -0.2) is 46.7 Å². The molecule has 0 bridgehead atoms. The summed E-state index contributed by atoms with van der Waals surface area (Å²) in [6.45, 7) is 7.42. The fraction of sp³-hybridized carbons (Fsp3) is 0.391. The number of carbonyl (C=O) groups excluding carboxylic acids is 1. The van der Waals surface area contributed by atoms with E-state index in [1.807, 2.05) is 0 Å². The minimum Gasteiger partial charge on any atom is -0.348 e. The first kappa shape index (κ1) is 20.5. The van der Waals surface area contributed by atoms with Crippen molar-refractivity contribution in [3.63, 3.8) is 0 Å². The highest BCUT2D eigenvalue weighted by Crippen LogP contribution is 2.28. The average Bonchev–Trinajstić information content (AvgIpc) is 3.14. The number of hydrogen-bond donors (Lipinski definition) is 2. The number of aromatic amines is 1. The summed E-state index contributed by atoms with van der Waals surface area (Å²) in [6.07, 6.45) is 1.81. The van der Waals surface area contributed by atoms with Crippen LogP contribution in [0.1, 0.15) is 37.2 Å². The van der Waals surface area contributed by atoms with Gasteiger partial charge in [0.2, 0.25) is 0 Å². The lowest BCUT2D eigenvalue weighted by Gasteiger charge is -2.33. The lowest BCUT2D eigenvalue weighted by molar-refractivity contribution is 0.0904. The molecule has 1 aromatic heterocycles. The molecule has 7 heteroatoms. The molecule has 1 aliphatic heterocycles. The molecular weight excluding hydrogens is 386 g/mol. The summed E-state index contributed by atoms with van der Waals surface area (Å²) in [5.41, 5.74) is 1.60. The van der Waals surface area contributed by atoms with E-state index in [0.29, 0.717) is 22.4 Å². The Labute approximate surface area is 174 Å². The Hall–Kier alpha value is -2.80. The van der Waals surface area contributed by atoms with Gasteiger partial charge in [-0.3, -0.25) is 9.89 Å². The van der Waals surface area contributed by atoms with Gasteiger partial charge in [-0.05, 0) is 42.5 Å². The Morgan fingerprint density at radius 2 is 2.00 bits per heavy atom. The maximum atomic E-state index is 14.2. The molecular formula is C23H26F2N4O. The van der Waals surface area contributed by atoms with Gasteiger partial charge in [-0.15, -0.1) is 0 Å². The van der Waals surface area contributed by atoms with Crippen molar-refractivity contribution in [1.82, 2.24) is 20.4 Å². The minimum absolute atomic E-state index is 0.108. The summed E-state index contributed by atoms with van der Waals surface area (Å²) in [6, 6.07) is 9.26. The van der Waals surface area contributed by atoms with E-state index < -0.39 is 11.6 Å². The molecule has 30 heavy (non-hydrogen) atoms. The first-order valence-electron chi connectivity index (χ1n) is 10.4. The summed E-state index contributed by atoms with van der Waals surface area (Å²) in [5, 5.41) is 10.7. The fourth-order valence-electron chi connectivity index (χ4n) is 4.11. The van der Waals surface area contributed by atoms with Gasteiger partial charge >= 0.3 is 0 Å². The first-order chi connectivity index (χ1) is 14.4. The normalized spacial score (nSPS) is 15.8. The predicted molar refractivity (Wildman–Crippen MR) is 113 cm³/mol. The van der Waals surface area contributed by atoms with Crippen molar-refractivity contribution in [3.8, 4) is 11.1 Å². The second-order valence-corrected chi connectivity index (χ2v) is 8.38. The quantitative estimate of drug-likeness (QED) is 0.655. The smallest absolute Gasteiger partial charge is 0.272 e. The number of H-pyrrole nitrogens is 1. The molecule has 158 valence electrons. The monoisotopic (exact) mass is 412 g/mol. The molecule has 0 atom stereocenters. The zero-order valence-corrected chi connectivity index (χ0v) is 17.2. The lowest BCUT2D eigenvalue weighted by atomic mass is 10.0. The standard InChI is InChI=1S/C23H26F2N4O/c1-14(2)13-29-10-8-16(9-11-29)26-23(30)22-18-12-15(6-7-20(18)27-28-22)17-4-3-5-19(24)21(17)25/h3-7,12,14,16H,8-11,13H2,1-2H3,(H,26,30)(H,27,28). The molecule has 1 amide bonds. The molecule has 1 saturated heterocycles. The number of fused-ring (bicyclic) bond motifs is 1. The Bertz CT molecular complexity index is 1050. The highest BCUT2D eigenvalue weighted by Gasteiger charge is 2.23. The number of benzene rings is 2. The number of nitrogens with zero attached hydrogens (tertiary/aromatic N) is 2. The van der Waals surface area contributed by atoms with Gasteiger partial charge < -0.3 is 10.2 Å². The number of halogens is 2. The van der Waals surface area contributed by atoms with Gasteiger partial charge in [0.1, 0.15) is 0 Å². The molecule has 0 spiro atoms. The molecule has 2 N–H and O–H groups in total. The van der Waals surface area contributed by atoms with Crippen LogP contribution in [0, 0.1) is 17.6 Å². The third-order valence-corrected chi connectivity index (χ3v) is 5.59. The Balaban J connectivity index is 1.52. The largest absolute Gasteiger partial charge is 0.348 e. The van der Waals surface area contributed by atoms with Crippen LogP contribution in [0.5, 0.6) is 0 Å². The Morgan fingerprint density at radius 1 is 1.23 bits per heavy atom. The predicted octanol–water partition coefficient (Wildman–Crippen LogP) is 4.36. The summed E-state index contributed by atoms with van der Waals surface area (Å²) < 4.78 is 27.8. The highest BCUT2D eigenvalue weighted by atomic mass is 19.2. The molecule has 0 aliphatic carbocycles. The van der Waals surface area contributed by atoms with Crippen molar-refractivity contribution in [2.45, 2.75) is 32.7 Å². The zero-order valence-electron chi connectivity index (χ0n) is 17.2. The van der Waals surface area contributed by atoms with Crippen LogP contribution in [0.15, 0.2) is 36.4 Å². The fourth-order valence-corrected chi connectivity index (χ4v) is 4.11. The third kappa shape index (κ3) is 4.21. The second-order valence-electron chi connectivity index (χ2n) is 8.38. The topological polar surface area (TPSA) is 61.0 Å². The molecule has 5 nitrogen and oxygen atoms in total. The van der Waals surface area contributed by atoms with Crippen molar-refractivity contribution < 1.29 is 13.6 Å². The van der Waals surface area contributed by atoms with Gasteiger partial charge in [0.25, 0.3) is 5.91 Å². The molecule has 3 aromatic rings. The van der Waals surface area contributed by atoms with Crippen molar-refractivity contribution in [2.75, 3.05) is 19.6 Å². The van der Waals surface area contributed by atoms with Crippen molar-refractivity contribution in [1.29, 1.82) is 0 Å². The average molecular weight is 412 g/mol. The molecule has 0 saturated carbocycles. The number of nitrogens with one attached hydrogen (secondary N) is 2. The molecule has 1 fully saturated rings. The number of carbonyl (C=O) groups is 1. The Morgan fingerprint density at radius 3 is 2.73 bits per heavy atom. The van der Waals surface area contributed by atoms with Gasteiger partial charge in [-0.1, -0.05) is 32.0 Å². The van der Waals surface area contributed by atoms with Gasteiger partial charge in [0.15, 0.2) is 17.3 Å². The Kier molecular flexibility index (Phi) is 5.81. The van der Waals surface area contributed by atoms with E-state index in [1.165, 1.54) is 12.1 Å². The number of rotatable bonds is 5. The van der Waals surface area contributed by atoms with E-state index in [4.69, 9.17) is 0 Å². The van der Waals surface area contributed by atoms with Gasteiger partial charge in [-0.25, -0.2) is 8.78 Å². The van der Waals surface area contributed by atoms with Crippen LogP contribution in [0.2, 0.25) is 0 Å². The minimum atomic E-state index is -0.903. The molecule has 2 heterocycles. The van der Waals surface area contributed by atoms with E-state index in [2.05, 4.69) is 34.3 Å². The van der Waals surface area contributed by atoms with Crippen LogP contribution in [-0.2, 0) is 0 Å². The molecule has 0 unspecified atom stereocenters. The SMILES string of the molecule is CC(C)CN1CCC(NC(=O)c2n[nH]c3ccc(-c4cccc(F)c4F)cc23)CC1. The van der Waals surface area contributed by atoms with Crippen LogP contribution >= 0.6 is 0 Å². The second kappa shape index (κ2) is 8.52. The molecule has 0 radical (unpaired) electrons. The van der Waals surface area contributed by atoms with E-state index in [9.17, 15) is 13.6 Å². The van der Waals surface area contributed by atoms with E-state index >= 15 is 0 Å². The maximum absolute atomic E-state index is 14.2. The van der Waals surface area contributed by atoms with Gasteiger partial charge in [-0.2, -0.15) is 5.10 Å². The zero-order chi connectivity index (χ0) is 21.3. The summed E-state index contributed by atoms with van der Waals surface area (Å²) in [4.78, 5) is 15.3. The van der Waals surface area contributed by atoms with Crippen molar-refractivity contribution >= 4 is 16.8 Å². The summed E-state index contributed by atoms with van der Waals surface area (Å²) >= 11 is 0. The summed E-state index contributed by atoms with van der Waals surface area (Å²) in [5.74, 6) is -1.43. The number of likely N-dealkylation sites (tertiary alicyclic amines) is 1. The van der Waals surface area contributed by atoms with E-state index in [-0.39, 0.29) is 23.2 Å². The van der Waals surface area contributed by atoms with Crippen LogP contribution in [0.4, 0.5) is 8.78 Å². The van der Waals surface area contributed by atoms with E-state index in [1.54, 1.807) is 18.2 Å². The molecule has 4 rings (SSSR count).